The molecule has 0 radical (unpaired) electrons. The third-order valence-electron chi connectivity index (χ3n) is 3.68. The topological polar surface area (TPSA) is 55.4 Å². The van der Waals surface area contributed by atoms with Gasteiger partial charge in [-0.25, -0.2) is 0 Å². The van der Waals surface area contributed by atoms with Crippen LogP contribution in [0.4, 0.5) is 5.69 Å². The van der Waals surface area contributed by atoms with Crippen LogP contribution in [0, 0.1) is 5.92 Å². The lowest BCUT2D eigenvalue weighted by Gasteiger charge is -2.16. The summed E-state index contributed by atoms with van der Waals surface area (Å²) in [6.07, 6.45) is 6.62. The minimum absolute atomic E-state index is 0.0572. The zero-order valence-corrected chi connectivity index (χ0v) is 13.3. The molecule has 1 aromatic carbocycles. The van der Waals surface area contributed by atoms with E-state index < -0.39 is 0 Å². The Balaban J connectivity index is 1.57. The summed E-state index contributed by atoms with van der Waals surface area (Å²) in [6.45, 7) is 0. The molecule has 2 aromatic rings. The van der Waals surface area contributed by atoms with Crippen LogP contribution in [0.2, 0.25) is 0 Å². The fraction of sp³-hybridized carbons (Fsp3) is 0.222. The molecule has 5 heteroatoms. The van der Waals surface area contributed by atoms with Crippen molar-refractivity contribution in [2.75, 3.05) is 5.32 Å². The van der Waals surface area contributed by atoms with Gasteiger partial charge in [-0.15, -0.1) is 11.3 Å². The molecule has 1 aromatic heterocycles. The Morgan fingerprint density at radius 1 is 1.13 bits per heavy atom. The van der Waals surface area contributed by atoms with Gasteiger partial charge in [0.15, 0.2) is 0 Å². The summed E-state index contributed by atoms with van der Waals surface area (Å²) in [5.74, 6) is 0.111. The fourth-order valence-corrected chi connectivity index (χ4v) is 3.03. The third-order valence-corrected chi connectivity index (χ3v) is 4.55. The molecule has 0 saturated carbocycles. The molecular formula is C18H17NO3S. The SMILES string of the molecule is O=C(Nc1ccc(OC(=O)[C@@H]2CC=CCC2)cc1)c1cccs1. The molecule has 1 atom stereocenters. The molecule has 1 heterocycles. The predicted molar refractivity (Wildman–Crippen MR) is 90.8 cm³/mol. The minimum atomic E-state index is -0.190. The van der Waals surface area contributed by atoms with Crippen molar-refractivity contribution in [2.24, 2.45) is 5.92 Å². The van der Waals surface area contributed by atoms with E-state index in [1.807, 2.05) is 17.5 Å². The lowest BCUT2D eigenvalue weighted by atomic mass is 9.95. The van der Waals surface area contributed by atoms with Crippen LogP contribution in [0.3, 0.4) is 0 Å². The van der Waals surface area contributed by atoms with Crippen LogP contribution in [-0.2, 0) is 4.79 Å². The maximum Gasteiger partial charge on any atom is 0.314 e. The fourth-order valence-electron chi connectivity index (χ4n) is 2.41. The molecular weight excluding hydrogens is 310 g/mol. The number of allylic oxidation sites excluding steroid dienone is 2. The number of nitrogens with one attached hydrogen (secondary N) is 1. The van der Waals surface area contributed by atoms with E-state index in [-0.39, 0.29) is 17.8 Å². The van der Waals surface area contributed by atoms with Crippen LogP contribution in [0.5, 0.6) is 5.75 Å². The first-order valence-electron chi connectivity index (χ1n) is 7.54. The Labute approximate surface area is 138 Å². The van der Waals surface area contributed by atoms with Crippen LogP contribution in [0.1, 0.15) is 28.9 Å². The summed E-state index contributed by atoms with van der Waals surface area (Å²) in [7, 11) is 0. The molecule has 1 aliphatic carbocycles. The van der Waals surface area contributed by atoms with Gasteiger partial charge in [-0.3, -0.25) is 9.59 Å². The highest BCUT2D eigenvalue weighted by Gasteiger charge is 2.20. The average molecular weight is 327 g/mol. The van der Waals surface area contributed by atoms with Gasteiger partial charge in [-0.2, -0.15) is 0 Å². The van der Waals surface area contributed by atoms with Gasteiger partial charge in [-0.1, -0.05) is 18.2 Å². The summed E-state index contributed by atoms with van der Waals surface area (Å²) >= 11 is 1.39. The Morgan fingerprint density at radius 3 is 2.61 bits per heavy atom. The molecule has 1 aliphatic rings. The second-order valence-electron chi connectivity index (χ2n) is 5.36. The number of carbonyl (C=O) groups is 2. The van der Waals surface area contributed by atoms with Crippen molar-refractivity contribution >= 4 is 28.9 Å². The van der Waals surface area contributed by atoms with Gasteiger partial charge < -0.3 is 10.1 Å². The van der Waals surface area contributed by atoms with E-state index in [0.29, 0.717) is 16.3 Å². The largest absolute Gasteiger partial charge is 0.426 e. The summed E-state index contributed by atoms with van der Waals surface area (Å²) in [5.41, 5.74) is 0.670. The zero-order chi connectivity index (χ0) is 16.1. The highest BCUT2D eigenvalue weighted by atomic mass is 32.1. The smallest absolute Gasteiger partial charge is 0.314 e. The second kappa shape index (κ2) is 7.24. The number of rotatable bonds is 4. The number of carbonyl (C=O) groups excluding carboxylic acids is 2. The standard InChI is InChI=1S/C18H17NO3S/c20-17(16-7-4-12-23-16)19-14-8-10-15(11-9-14)22-18(21)13-5-2-1-3-6-13/h1-2,4,7-13H,3,5-6H2,(H,19,20)/t13-/m1/s1. The van der Waals surface area contributed by atoms with Crippen molar-refractivity contribution in [1.82, 2.24) is 0 Å². The lowest BCUT2D eigenvalue weighted by molar-refractivity contribution is -0.139. The van der Waals surface area contributed by atoms with E-state index in [0.717, 1.165) is 19.3 Å². The Kier molecular flexibility index (Phi) is 4.88. The third kappa shape index (κ3) is 4.07. The molecule has 0 unspecified atom stereocenters. The highest BCUT2D eigenvalue weighted by Crippen LogP contribution is 2.23. The molecule has 4 nitrogen and oxygen atoms in total. The van der Waals surface area contributed by atoms with Gasteiger partial charge in [0.25, 0.3) is 5.91 Å². The minimum Gasteiger partial charge on any atom is -0.426 e. The first kappa shape index (κ1) is 15.5. The molecule has 3 rings (SSSR count). The molecule has 0 bridgehead atoms. The average Bonchev–Trinajstić information content (AvgIpc) is 3.12. The van der Waals surface area contributed by atoms with Gasteiger partial charge in [0.2, 0.25) is 0 Å². The maximum absolute atomic E-state index is 12.1. The maximum atomic E-state index is 12.1. The molecule has 1 amide bonds. The van der Waals surface area contributed by atoms with Crippen LogP contribution < -0.4 is 10.1 Å². The normalized spacial score (nSPS) is 16.8. The molecule has 0 saturated heterocycles. The first-order valence-corrected chi connectivity index (χ1v) is 8.42. The van der Waals surface area contributed by atoms with E-state index in [1.165, 1.54) is 11.3 Å². The molecule has 1 N–H and O–H groups in total. The zero-order valence-electron chi connectivity index (χ0n) is 12.5. The summed E-state index contributed by atoms with van der Waals surface area (Å²) in [5, 5.41) is 4.67. The first-order chi connectivity index (χ1) is 11.2. The number of hydrogen-bond donors (Lipinski definition) is 1. The second-order valence-corrected chi connectivity index (χ2v) is 6.31. The monoisotopic (exact) mass is 327 g/mol. The number of thiophene rings is 1. The van der Waals surface area contributed by atoms with Gasteiger partial charge >= 0.3 is 5.97 Å². The van der Waals surface area contributed by atoms with Crippen LogP contribution >= 0.6 is 11.3 Å². The predicted octanol–water partition coefficient (Wildman–Crippen LogP) is 4.26. The number of hydrogen-bond acceptors (Lipinski definition) is 4. The quantitative estimate of drug-likeness (QED) is 0.518. The van der Waals surface area contributed by atoms with Crippen LogP contribution in [0.15, 0.2) is 53.9 Å². The lowest BCUT2D eigenvalue weighted by Crippen LogP contribution is -2.21. The number of ether oxygens (including phenoxy) is 1. The van der Waals surface area contributed by atoms with E-state index >= 15 is 0 Å². The van der Waals surface area contributed by atoms with E-state index in [1.54, 1.807) is 30.3 Å². The molecule has 0 aliphatic heterocycles. The molecule has 118 valence electrons. The van der Waals surface area contributed by atoms with Crippen LogP contribution in [-0.4, -0.2) is 11.9 Å². The number of esters is 1. The van der Waals surface area contributed by atoms with Gasteiger partial charge in [0.05, 0.1) is 10.8 Å². The van der Waals surface area contributed by atoms with Crippen molar-refractivity contribution in [2.45, 2.75) is 19.3 Å². The van der Waals surface area contributed by atoms with Gasteiger partial charge in [0, 0.05) is 5.69 Å². The Morgan fingerprint density at radius 2 is 1.96 bits per heavy atom. The molecule has 0 fully saturated rings. The molecule has 23 heavy (non-hydrogen) atoms. The van der Waals surface area contributed by atoms with Crippen LogP contribution in [0.25, 0.3) is 0 Å². The van der Waals surface area contributed by atoms with Crippen molar-refractivity contribution in [3.05, 3.63) is 58.8 Å². The highest BCUT2D eigenvalue weighted by molar-refractivity contribution is 7.12. The number of benzene rings is 1. The van der Waals surface area contributed by atoms with E-state index in [4.69, 9.17) is 4.74 Å². The van der Waals surface area contributed by atoms with E-state index in [9.17, 15) is 9.59 Å². The van der Waals surface area contributed by atoms with Crippen molar-refractivity contribution < 1.29 is 14.3 Å². The van der Waals surface area contributed by atoms with E-state index in [2.05, 4.69) is 11.4 Å². The number of amides is 1. The Bertz CT molecular complexity index is 704. The van der Waals surface area contributed by atoms with Crippen molar-refractivity contribution in [3.63, 3.8) is 0 Å². The van der Waals surface area contributed by atoms with Gasteiger partial charge in [-0.05, 0) is 55.0 Å². The summed E-state index contributed by atoms with van der Waals surface area (Å²) in [6, 6.07) is 10.5. The van der Waals surface area contributed by atoms with Gasteiger partial charge in [0.1, 0.15) is 5.75 Å². The summed E-state index contributed by atoms with van der Waals surface area (Å²) < 4.78 is 5.40. The van der Waals surface area contributed by atoms with Crippen molar-refractivity contribution in [3.8, 4) is 5.75 Å². The summed E-state index contributed by atoms with van der Waals surface area (Å²) in [4.78, 5) is 24.7. The molecule has 0 spiro atoms. The Hall–Kier alpha value is -2.40. The number of anilines is 1. The van der Waals surface area contributed by atoms with Crippen molar-refractivity contribution in [1.29, 1.82) is 0 Å².